The number of aromatic nitrogens is 4. The quantitative estimate of drug-likeness (QED) is 0.406. The second-order valence-electron chi connectivity index (χ2n) is 8.62. The molecular weight excluding hydrogens is 476 g/mol. The molecule has 2 N–H and O–H groups in total. The highest BCUT2D eigenvalue weighted by Crippen LogP contribution is 2.36. The van der Waals surface area contributed by atoms with Crippen molar-refractivity contribution in [1.29, 1.82) is 5.26 Å². The lowest BCUT2D eigenvalue weighted by Gasteiger charge is -2.38. The Morgan fingerprint density at radius 3 is 2.54 bits per heavy atom. The largest absolute Gasteiger partial charge is 0.439 e. The third-order valence-corrected chi connectivity index (χ3v) is 6.43. The van der Waals surface area contributed by atoms with Gasteiger partial charge in [-0.25, -0.2) is 19.4 Å². The first-order valence-corrected chi connectivity index (χ1v) is 11.4. The van der Waals surface area contributed by atoms with Crippen molar-refractivity contribution < 1.29 is 19.1 Å². The molecule has 5 heterocycles. The first kappa shape index (κ1) is 22.2. The van der Waals surface area contributed by atoms with Gasteiger partial charge in [0.15, 0.2) is 11.4 Å². The zero-order valence-electron chi connectivity index (χ0n) is 19.2. The van der Waals surface area contributed by atoms with Gasteiger partial charge in [-0.1, -0.05) is 0 Å². The molecule has 2 fully saturated rings. The number of nitriles is 1. The second-order valence-corrected chi connectivity index (χ2v) is 8.62. The van der Waals surface area contributed by atoms with Gasteiger partial charge in [0.2, 0.25) is 5.88 Å². The minimum atomic E-state index is -1.48. The number of carbonyl (C=O) groups is 3. The van der Waals surface area contributed by atoms with E-state index in [1.165, 1.54) is 12.4 Å². The van der Waals surface area contributed by atoms with Crippen molar-refractivity contribution in [2.45, 2.75) is 18.4 Å². The molecule has 0 unspecified atom stereocenters. The molecule has 12 nitrogen and oxygen atoms in total. The Labute approximate surface area is 209 Å². The predicted molar refractivity (Wildman–Crippen MR) is 129 cm³/mol. The monoisotopic (exact) mass is 494 g/mol. The third-order valence-electron chi connectivity index (χ3n) is 6.43. The number of nitrogens with one attached hydrogen (secondary N) is 2. The van der Waals surface area contributed by atoms with Gasteiger partial charge >= 0.3 is 6.03 Å². The average molecular weight is 494 g/mol. The van der Waals surface area contributed by atoms with Crippen LogP contribution < -0.4 is 20.3 Å². The Balaban J connectivity index is 1.21. The van der Waals surface area contributed by atoms with Crippen LogP contribution in [0.4, 0.5) is 10.5 Å². The molecule has 1 aromatic carbocycles. The van der Waals surface area contributed by atoms with E-state index in [9.17, 15) is 14.4 Å². The van der Waals surface area contributed by atoms with Crippen LogP contribution in [0.15, 0.2) is 61.1 Å². The Bertz CT molecular complexity index is 1580. The lowest BCUT2D eigenvalue weighted by Crippen LogP contribution is -2.71. The van der Waals surface area contributed by atoms with Crippen LogP contribution in [0.25, 0.3) is 16.7 Å². The van der Waals surface area contributed by atoms with E-state index in [2.05, 4.69) is 25.7 Å². The maximum atomic E-state index is 12.7. The van der Waals surface area contributed by atoms with Gasteiger partial charge in [-0.2, -0.15) is 10.4 Å². The molecule has 0 atom stereocenters. The Morgan fingerprint density at radius 1 is 1.00 bits per heavy atom. The molecule has 12 heteroatoms. The number of pyridine rings is 2. The molecule has 4 amide bonds. The van der Waals surface area contributed by atoms with Crippen LogP contribution in [0.3, 0.4) is 0 Å². The summed E-state index contributed by atoms with van der Waals surface area (Å²) in [5, 5.41) is 18.7. The van der Waals surface area contributed by atoms with Gasteiger partial charge in [0.1, 0.15) is 11.8 Å². The number of urea groups is 1. The highest BCUT2D eigenvalue weighted by Gasteiger charge is 2.57. The minimum absolute atomic E-state index is 0.294. The van der Waals surface area contributed by atoms with E-state index in [0.717, 1.165) is 10.9 Å². The first-order chi connectivity index (χ1) is 18.0. The van der Waals surface area contributed by atoms with Crippen LogP contribution in [-0.4, -0.2) is 49.7 Å². The van der Waals surface area contributed by atoms with Crippen molar-refractivity contribution in [2.24, 2.45) is 0 Å². The number of imide groups is 2. The van der Waals surface area contributed by atoms with Crippen LogP contribution in [0.2, 0.25) is 0 Å². The maximum Gasteiger partial charge on any atom is 0.328 e. The summed E-state index contributed by atoms with van der Waals surface area (Å²) in [5.41, 5.74) is 0.294. The summed E-state index contributed by atoms with van der Waals surface area (Å²) in [6, 6.07) is 13.4. The first-order valence-electron chi connectivity index (χ1n) is 11.4. The number of anilines is 1. The van der Waals surface area contributed by atoms with E-state index in [1.54, 1.807) is 39.9 Å². The zero-order valence-corrected chi connectivity index (χ0v) is 19.2. The lowest BCUT2D eigenvalue weighted by atomic mass is 9.92. The van der Waals surface area contributed by atoms with E-state index in [-0.39, 0.29) is 0 Å². The fourth-order valence-electron chi connectivity index (χ4n) is 4.67. The number of barbiturate groups is 1. The zero-order chi connectivity index (χ0) is 25.6. The van der Waals surface area contributed by atoms with Gasteiger partial charge in [0.05, 0.1) is 23.0 Å². The summed E-state index contributed by atoms with van der Waals surface area (Å²) >= 11 is 0. The smallest absolute Gasteiger partial charge is 0.328 e. The molecular formula is C25H18N8O4. The Hall–Kier alpha value is -5.31. The van der Waals surface area contributed by atoms with Crippen LogP contribution in [0, 0.1) is 11.3 Å². The summed E-state index contributed by atoms with van der Waals surface area (Å²) < 4.78 is 7.55. The molecule has 3 aromatic heterocycles. The summed E-state index contributed by atoms with van der Waals surface area (Å²) in [4.78, 5) is 47.1. The molecule has 2 saturated heterocycles. The number of hydrogen-bond donors (Lipinski definition) is 2. The van der Waals surface area contributed by atoms with Gasteiger partial charge in [-0.3, -0.25) is 20.2 Å². The van der Waals surface area contributed by atoms with Gasteiger partial charge in [0, 0.05) is 30.4 Å². The van der Waals surface area contributed by atoms with Gasteiger partial charge in [0.25, 0.3) is 11.8 Å². The fraction of sp³-hybridized carbons (Fsp3) is 0.160. The molecule has 4 aromatic rings. The Morgan fingerprint density at radius 2 is 1.84 bits per heavy atom. The molecule has 6 rings (SSSR count). The van der Waals surface area contributed by atoms with E-state index in [1.807, 2.05) is 24.4 Å². The molecule has 0 saturated carbocycles. The second kappa shape index (κ2) is 8.42. The minimum Gasteiger partial charge on any atom is -0.439 e. The van der Waals surface area contributed by atoms with Crippen LogP contribution in [0.1, 0.15) is 18.4 Å². The molecule has 0 radical (unpaired) electrons. The van der Waals surface area contributed by atoms with E-state index >= 15 is 0 Å². The molecule has 182 valence electrons. The van der Waals surface area contributed by atoms with Crippen molar-refractivity contribution in [3.05, 3.63) is 66.6 Å². The van der Waals surface area contributed by atoms with Crippen molar-refractivity contribution in [1.82, 2.24) is 30.4 Å². The topological polar surface area (TPSA) is 155 Å². The molecule has 1 spiro atoms. The van der Waals surface area contributed by atoms with Gasteiger partial charge < -0.3 is 9.64 Å². The number of hydrogen-bond acceptors (Lipinski definition) is 9. The fourth-order valence-corrected chi connectivity index (χ4v) is 4.67. The number of benzene rings is 1. The van der Waals surface area contributed by atoms with Gasteiger partial charge in [-0.15, -0.1) is 0 Å². The summed E-state index contributed by atoms with van der Waals surface area (Å²) in [5.74, 6) is 0.181. The van der Waals surface area contributed by atoms with Crippen molar-refractivity contribution in [3.63, 3.8) is 0 Å². The van der Waals surface area contributed by atoms with Crippen molar-refractivity contribution >= 4 is 34.4 Å². The van der Waals surface area contributed by atoms with Crippen LogP contribution in [-0.2, 0) is 9.59 Å². The SMILES string of the molecule is N#Cc1ccc(-n2cc3cc(Oc4ccc(N5CCCC56C(=O)NC(=O)NC6=O)cn4)ccc3n2)nc1. The summed E-state index contributed by atoms with van der Waals surface area (Å²) in [6.45, 7) is 0.464. The van der Waals surface area contributed by atoms with Crippen LogP contribution >= 0.6 is 0 Å². The third kappa shape index (κ3) is 3.69. The van der Waals surface area contributed by atoms with E-state index in [4.69, 9.17) is 10.00 Å². The number of amides is 4. The number of fused-ring (bicyclic) bond motifs is 1. The molecule has 0 aliphatic carbocycles. The highest BCUT2D eigenvalue weighted by molar-refractivity contribution is 6.24. The number of rotatable bonds is 4. The summed E-state index contributed by atoms with van der Waals surface area (Å²) in [6.07, 6.45) is 5.74. The van der Waals surface area contributed by atoms with Crippen molar-refractivity contribution in [2.75, 3.05) is 11.4 Å². The maximum absolute atomic E-state index is 12.7. The van der Waals surface area contributed by atoms with Crippen LogP contribution in [0.5, 0.6) is 11.6 Å². The molecule has 0 bridgehead atoms. The van der Waals surface area contributed by atoms with Gasteiger partial charge in [-0.05, 0) is 49.2 Å². The van der Waals surface area contributed by atoms with E-state index in [0.29, 0.717) is 48.1 Å². The number of ether oxygens (including phenoxy) is 1. The van der Waals surface area contributed by atoms with Crippen molar-refractivity contribution in [3.8, 4) is 23.5 Å². The number of carbonyl (C=O) groups excluding carboxylic acids is 3. The average Bonchev–Trinajstić information content (AvgIpc) is 3.53. The predicted octanol–water partition coefficient (Wildman–Crippen LogP) is 2.18. The normalized spacial score (nSPS) is 16.5. The summed E-state index contributed by atoms with van der Waals surface area (Å²) in [7, 11) is 0. The number of nitrogens with zero attached hydrogens (tertiary/aromatic N) is 6. The standard InChI is InChI=1S/C25H18N8O4/c26-11-15-2-6-20(27-12-15)33-14-16-10-18(4-5-19(16)31-33)37-21-7-3-17(13-28-21)32-9-1-8-25(32)22(34)29-24(36)30-23(25)35/h2-7,10,12-14H,1,8-9H2,(H2,29,30,34,35,36). The molecule has 37 heavy (non-hydrogen) atoms. The van der Waals surface area contributed by atoms with E-state index < -0.39 is 23.4 Å². The highest BCUT2D eigenvalue weighted by atomic mass is 16.5. The lowest BCUT2D eigenvalue weighted by molar-refractivity contribution is -0.137. The molecule has 2 aliphatic heterocycles. The Kier molecular flexibility index (Phi) is 5.04. The molecule has 2 aliphatic rings.